The first-order chi connectivity index (χ1) is 5.42. The van der Waals surface area contributed by atoms with E-state index in [-0.39, 0.29) is 21.6 Å². The van der Waals surface area contributed by atoms with E-state index in [1.807, 2.05) is 0 Å². The van der Waals surface area contributed by atoms with Crippen molar-refractivity contribution in [3.63, 3.8) is 0 Å². The summed E-state index contributed by atoms with van der Waals surface area (Å²) >= 11 is -0.101. The van der Waals surface area contributed by atoms with Gasteiger partial charge in [0.1, 0.15) is 0 Å². The molecule has 12 heavy (non-hydrogen) atoms. The third kappa shape index (κ3) is 1.32. The van der Waals surface area contributed by atoms with Crippen molar-refractivity contribution in [1.29, 1.82) is 0 Å². The minimum atomic E-state index is -0.101. The summed E-state index contributed by atoms with van der Waals surface area (Å²) in [5, 5.41) is 0. The van der Waals surface area contributed by atoms with Gasteiger partial charge in [-0.05, 0) is 0 Å². The number of rotatable bonds is 1. The average Bonchev–Trinajstić information content (AvgIpc) is 2.13. The fourth-order valence-electron chi connectivity index (χ4n) is 1.67. The maximum absolute atomic E-state index is 6.02. The van der Waals surface area contributed by atoms with E-state index in [4.69, 9.17) is 9.69 Å². The van der Waals surface area contributed by atoms with Crippen LogP contribution in [-0.2, 0) is 16.1 Å². The van der Waals surface area contributed by atoms with Crippen LogP contribution in [0.2, 0.25) is 0 Å². The Morgan fingerprint density at radius 3 is 1.75 bits per heavy atom. The van der Waals surface area contributed by atoms with Gasteiger partial charge in [0.05, 0.1) is 0 Å². The number of allylic oxidation sites excluding steroid dienone is 4. The van der Waals surface area contributed by atoms with Crippen molar-refractivity contribution in [3.8, 4) is 0 Å². The fourth-order valence-corrected chi connectivity index (χ4v) is 4.56. The van der Waals surface area contributed by atoms with Crippen LogP contribution in [-0.4, -0.2) is 0 Å². The van der Waals surface area contributed by atoms with Crippen LogP contribution in [0.15, 0.2) is 20.9 Å². The van der Waals surface area contributed by atoms with Crippen molar-refractivity contribution in [2.45, 2.75) is 34.6 Å². The molecule has 0 nitrogen and oxygen atoms in total. The summed E-state index contributed by atoms with van der Waals surface area (Å²) in [4.78, 5) is 0. The van der Waals surface area contributed by atoms with Gasteiger partial charge in [-0.15, -0.1) is 0 Å². The first kappa shape index (κ1) is 10.5. The Morgan fingerprint density at radius 2 is 1.58 bits per heavy atom. The standard InChI is InChI=1S/C10H15.ClH.Ru/c1-7-6-10(4,5)9(3)8(7)2;;/h1-5H3;1H;/q;;+1/p-1. The van der Waals surface area contributed by atoms with Gasteiger partial charge in [0.15, 0.2) is 0 Å². The van der Waals surface area contributed by atoms with Gasteiger partial charge >= 0.3 is 86.7 Å². The molecule has 0 bridgehead atoms. The zero-order valence-electron chi connectivity index (χ0n) is 8.23. The molecule has 0 atom stereocenters. The van der Waals surface area contributed by atoms with E-state index in [0.29, 0.717) is 0 Å². The van der Waals surface area contributed by atoms with Crippen molar-refractivity contribution >= 4 is 9.69 Å². The van der Waals surface area contributed by atoms with Crippen LogP contribution < -0.4 is 0 Å². The van der Waals surface area contributed by atoms with E-state index in [1.54, 1.807) is 0 Å². The molecule has 0 fully saturated rings. The predicted octanol–water partition coefficient (Wildman–Crippen LogP) is 3.87. The van der Waals surface area contributed by atoms with Gasteiger partial charge in [-0.25, -0.2) is 0 Å². The molecular formula is C10H15ClRu. The second-order valence-corrected chi connectivity index (χ2v) is 5.86. The number of hydrogen-bond acceptors (Lipinski definition) is 0. The Balaban J connectivity index is 3.23. The summed E-state index contributed by atoms with van der Waals surface area (Å²) in [6.07, 6.45) is 0. The third-order valence-electron chi connectivity index (χ3n) is 2.98. The summed E-state index contributed by atoms with van der Waals surface area (Å²) in [5.41, 5.74) is 4.61. The van der Waals surface area contributed by atoms with Gasteiger partial charge in [0.25, 0.3) is 0 Å². The molecule has 1 aliphatic rings. The van der Waals surface area contributed by atoms with Crippen molar-refractivity contribution in [1.82, 2.24) is 0 Å². The van der Waals surface area contributed by atoms with Crippen LogP contribution in [0.5, 0.6) is 0 Å². The normalized spacial score (nSPS) is 22.8. The fraction of sp³-hybridized carbons (Fsp3) is 0.600. The molecule has 1 rings (SSSR count). The Bertz CT molecular complexity index is 272. The molecule has 0 aromatic rings. The summed E-state index contributed by atoms with van der Waals surface area (Å²) in [5.74, 6) is 0. The summed E-state index contributed by atoms with van der Waals surface area (Å²) in [6.45, 7) is 11.2. The Labute approximate surface area is 86.7 Å². The summed E-state index contributed by atoms with van der Waals surface area (Å²) < 4.78 is 1.48. The van der Waals surface area contributed by atoms with Crippen LogP contribution in [0, 0.1) is 5.41 Å². The molecule has 0 unspecified atom stereocenters. The molecule has 0 spiro atoms. The van der Waals surface area contributed by atoms with Crippen LogP contribution in [0.25, 0.3) is 0 Å². The van der Waals surface area contributed by atoms with Gasteiger partial charge in [0.2, 0.25) is 0 Å². The molecule has 0 N–H and O–H groups in total. The molecule has 0 amide bonds. The van der Waals surface area contributed by atoms with Gasteiger partial charge < -0.3 is 0 Å². The van der Waals surface area contributed by atoms with E-state index in [9.17, 15) is 0 Å². The molecule has 0 aliphatic heterocycles. The molecule has 1 aliphatic carbocycles. The van der Waals surface area contributed by atoms with Crippen molar-refractivity contribution in [2.75, 3.05) is 0 Å². The SMILES string of the molecule is CC1=C(C)C(C)(C)[C]([Ru][Cl])=C1C. The monoisotopic (exact) mass is 272 g/mol. The molecule has 0 saturated carbocycles. The average molecular weight is 272 g/mol. The Hall–Kier alpha value is 0.393. The molecule has 70 valence electrons. The van der Waals surface area contributed by atoms with Crippen LogP contribution in [0.3, 0.4) is 0 Å². The zero-order chi connectivity index (χ0) is 9.52. The Morgan fingerprint density at radius 1 is 1.08 bits per heavy atom. The summed E-state index contributed by atoms with van der Waals surface area (Å²) in [6, 6.07) is 0. The summed E-state index contributed by atoms with van der Waals surface area (Å²) in [7, 11) is 6.02. The van der Waals surface area contributed by atoms with Crippen LogP contribution >= 0.6 is 9.69 Å². The molecule has 0 heterocycles. The van der Waals surface area contributed by atoms with Crippen molar-refractivity contribution in [2.24, 2.45) is 5.41 Å². The first-order valence-corrected chi connectivity index (χ1v) is 7.17. The topological polar surface area (TPSA) is 0 Å². The zero-order valence-corrected chi connectivity index (χ0v) is 10.7. The molecular weight excluding hydrogens is 257 g/mol. The van der Waals surface area contributed by atoms with E-state index < -0.39 is 0 Å². The maximum atomic E-state index is 6.02. The molecule has 0 radical (unpaired) electrons. The predicted molar refractivity (Wildman–Crippen MR) is 50.7 cm³/mol. The molecule has 2 heteroatoms. The second-order valence-electron chi connectivity index (χ2n) is 3.87. The quantitative estimate of drug-likeness (QED) is 0.635. The van der Waals surface area contributed by atoms with E-state index in [1.165, 1.54) is 20.9 Å². The minimum absolute atomic E-state index is 0.101. The van der Waals surface area contributed by atoms with Crippen molar-refractivity contribution in [3.05, 3.63) is 20.9 Å². The van der Waals surface area contributed by atoms with E-state index >= 15 is 0 Å². The third-order valence-corrected chi connectivity index (χ3v) is 5.84. The molecule has 0 aromatic carbocycles. The molecule has 0 aromatic heterocycles. The van der Waals surface area contributed by atoms with Gasteiger partial charge in [0, 0.05) is 0 Å². The van der Waals surface area contributed by atoms with Gasteiger partial charge in [-0.2, -0.15) is 0 Å². The molecule has 0 saturated heterocycles. The number of halogens is 1. The van der Waals surface area contributed by atoms with E-state index in [0.717, 1.165) is 0 Å². The first-order valence-electron chi connectivity index (χ1n) is 4.06. The van der Waals surface area contributed by atoms with Crippen molar-refractivity contribution < 1.29 is 16.1 Å². The van der Waals surface area contributed by atoms with Gasteiger partial charge in [-0.1, -0.05) is 0 Å². The van der Waals surface area contributed by atoms with Crippen LogP contribution in [0.1, 0.15) is 34.6 Å². The van der Waals surface area contributed by atoms with Gasteiger partial charge in [-0.3, -0.25) is 0 Å². The number of hydrogen-bond donors (Lipinski definition) is 0. The second kappa shape index (κ2) is 3.27. The van der Waals surface area contributed by atoms with E-state index in [2.05, 4.69) is 34.6 Å². The Kier molecular flexibility index (Phi) is 2.86. The van der Waals surface area contributed by atoms with Crippen LogP contribution in [0.4, 0.5) is 0 Å².